The molecule has 0 heterocycles. The Kier molecular flexibility index (Phi) is 3.50. The number of Topliss-reactive ketones (excluding diaryl/α,β-unsaturated/α-hetero) is 1. The monoisotopic (exact) mass is 216 g/mol. The Morgan fingerprint density at radius 2 is 1.87 bits per heavy atom. The third-order valence-electron chi connectivity index (χ3n) is 2.07. The van der Waals surface area contributed by atoms with Crippen molar-refractivity contribution in [3.05, 3.63) is 35.4 Å². The van der Waals surface area contributed by atoms with E-state index < -0.39 is 11.7 Å². The van der Waals surface area contributed by atoms with Crippen molar-refractivity contribution in [2.24, 2.45) is 0 Å². The van der Waals surface area contributed by atoms with E-state index in [0.29, 0.717) is 0 Å². The topological polar surface area (TPSA) is 17.1 Å². The molecule has 0 aromatic heterocycles. The third-order valence-corrected chi connectivity index (χ3v) is 2.07. The van der Waals surface area contributed by atoms with Gasteiger partial charge in [0.1, 0.15) is 5.78 Å². The first-order valence-electron chi connectivity index (χ1n) is 4.56. The van der Waals surface area contributed by atoms with Gasteiger partial charge in [-0.2, -0.15) is 13.2 Å². The second kappa shape index (κ2) is 4.47. The van der Waals surface area contributed by atoms with E-state index in [0.717, 1.165) is 6.07 Å². The van der Waals surface area contributed by atoms with Gasteiger partial charge in [0.2, 0.25) is 0 Å². The third kappa shape index (κ3) is 3.38. The van der Waals surface area contributed by atoms with E-state index in [9.17, 15) is 18.0 Å². The Morgan fingerprint density at radius 3 is 2.40 bits per heavy atom. The molecule has 0 unspecified atom stereocenters. The maximum Gasteiger partial charge on any atom is 0.416 e. The fourth-order valence-corrected chi connectivity index (χ4v) is 1.33. The summed E-state index contributed by atoms with van der Waals surface area (Å²) in [5.41, 5.74) is -0.466. The standard InChI is InChI=1S/C11H11F3O/c1-8(15)6-7-9-4-2-3-5-10(9)11(12,13)14/h2-5H,6-7H2,1H3. The summed E-state index contributed by atoms with van der Waals surface area (Å²) in [4.78, 5) is 10.7. The molecule has 0 aliphatic heterocycles. The van der Waals surface area contributed by atoms with Crippen molar-refractivity contribution in [2.75, 3.05) is 0 Å². The van der Waals surface area contributed by atoms with Crippen LogP contribution >= 0.6 is 0 Å². The normalized spacial score (nSPS) is 11.5. The van der Waals surface area contributed by atoms with E-state index in [1.165, 1.54) is 19.1 Å². The fraction of sp³-hybridized carbons (Fsp3) is 0.364. The second-order valence-corrected chi connectivity index (χ2v) is 3.36. The quantitative estimate of drug-likeness (QED) is 0.758. The molecule has 0 aliphatic rings. The van der Waals surface area contributed by atoms with Crippen molar-refractivity contribution < 1.29 is 18.0 Å². The Morgan fingerprint density at radius 1 is 1.27 bits per heavy atom. The van der Waals surface area contributed by atoms with E-state index in [-0.39, 0.29) is 24.2 Å². The zero-order chi connectivity index (χ0) is 11.5. The van der Waals surface area contributed by atoms with E-state index >= 15 is 0 Å². The number of halogens is 3. The number of aryl methyl sites for hydroxylation is 1. The second-order valence-electron chi connectivity index (χ2n) is 3.36. The lowest BCUT2D eigenvalue weighted by Gasteiger charge is -2.11. The summed E-state index contributed by atoms with van der Waals surface area (Å²) in [6, 6.07) is 5.34. The van der Waals surface area contributed by atoms with Crippen LogP contribution in [0.4, 0.5) is 13.2 Å². The van der Waals surface area contributed by atoms with Gasteiger partial charge in [-0.05, 0) is 25.0 Å². The van der Waals surface area contributed by atoms with E-state index in [1.54, 1.807) is 6.07 Å². The number of benzene rings is 1. The lowest BCUT2D eigenvalue weighted by atomic mass is 10.0. The molecule has 15 heavy (non-hydrogen) atoms. The van der Waals surface area contributed by atoms with Gasteiger partial charge in [-0.25, -0.2) is 0 Å². The largest absolute Gasteiger partial charge is 0.416 e. The number of alkyl halides is 3. The van der Waals surface area contributed by atoms with E-state index in [4.69, 9.17) is 0 Å². The van der Waals surface area contributed by atoms with Crippen LogP contribution in [0.2, 0.25) is 0 Å². The molecular formula is C11H11F3O. The number of carbonyl (C=O) groups excluding carboxylic acids is 1. The lowest BCUT2D eigenvalue weighted by Crippen LogP contribution is -2.09. The van der Waals surface area contributed by atoms with Crippen molar-refractivity contribution >= 4 is 5.78 Å². The van der Waals surface area contributed by atoms with E-state index in [1.807, 2.05) is 0 Å². The van der Waals surface area contributed by atoms with Crippen LogP contribution in [-0.4, -0.2) is 5.78 Å². The van der Waals surface area contributed by atoms with Gasteiger partial charge in [0.15, 0.2) is 0 Å². The van der Waals surface area contributed by atoms with Gasteiger partial charge in [-0.15, -0.1) is 0 Å². The number of carbonyl (C=O) groups is 1. The van der Waals surface area contributed by atoms with Gasteiger partial charge < -0.3 is 4.79 Å². The smallest absolute Gasteiger partial charge is 0.300 e. The highest BCUT2D eigenvalue weighted by Gasteiger charge is 2.32. The van der Waals surface area contributed by atoms with Crippen LogP contribution in [0.5, 0.6) is 0 Å². The highest BCUT2D eigenvalue weighted by molar-refractivity contribution is 5.75. The van der Waals surface area contributed by atoms with Crippen molar-refractivity contribution in [1.29, 1.82) is 0 Å². The van der Waals surface area contributed by atoms with E-state index in [2.05, 4.69) is 0 Å². The molecule has 1 aromatic carbocycles. The Bertz CT molecular complexity index is 355. The molecule has 1 rings (SSSR count). The molecule has 0 atom stereocenters. The van der Waals surface area contributed by atoms with Crippen LogP contribution in [-0.2, 0) is 17.4 Å². The van der Waals surface area contributed by atoms with Gasteiger partial charge in [-0.1, -0.05) is 18.2 Å². The van der Waals surface area contributed by atoms with Gasteiger partial charge in [0.25, 0.3) is 0 Å². The highest BCUT2D eigenvalue weighted by Crippen LogP contribution is 2.32. The number of hydrogen-bond acceptors (Lipinski definition) is 1. The maximum atomic E-state index is 12.5. The molecule has 0 bridgehead atoms. The number of ketones is 1. The molecule has 1 aromatic rings. The maximum absolute atomic E-state index is 12.5. The first-order chi connectivity index (χ1) is 6.91. The van der Waals surface area contributed by atoms with Crippen LogP contribution in [0.1, 0.15) is 24.5 Å². The van der Waals surface area contributed by atoms with Gasteiger partial charge in [0, 0.05) is 6.42 Å². The average molecular weight is 216 g/mol. The Labute approximate surface area is 85.9 Å². The number of hydrogen-bond donors (Lipinski definition) is 0. The van der Waals surface area contributed by atoms with Crippen LogP contribution < -0.4 is 0 Å². The zero-order valence-corrected chi connectivity index (χ0v) is 8.27. The van der Waals surface area contributed by atoms with Crippen LogP contribution in [0.15, 0.2) is 24.3 Å². The summed E-state index contributed by atoms with van der Waals surface area (Å²) in [5, 5.41) is 0. The average Bonchev–Trinajstić information content (AvgIpc) is 2.13. The molecular weight excluding hydrogens is 205 g/mol. The Balaban J connectivity index is 2.92. The molecule has 1 nitrogen and oxygen atoms in total. The van der Waals surface area contributed by atoms with Crippen LogP contribution in [0.25, 0.3) is 0 Å². The summed E-state index contributed by atoms with van der Waals surface area (Å²) in [6.45, 7) is 1.37. The minimum Gasteiger partial charge on any atom is -0.300 e. The van der Waals surface area contributed by atoms with Gasteiger partial charge in [0.05, 0.1) is 5.56 Å². The molecule has 0 N–H and O–H groups in total. The molecule has 0 saturated carbocycles. The van der Waals surface area contributed by atoms with Gasteiger partial charge >= 0.3 is 6.18 Å². The SMILES string of the molecule is CC(=O)CCc1ccccc1C(F)(F)F. The molecule has 0 fully saturated rings. The molecule has 0 saturated heterocycles. The predicted octanol–water partition coefficient (Wildman–Crippen LogP) is 3.23. The van der Waals surface area contributed by atoms with Crippen molar-refractivity contribution in [3.8, 4) is 0 Å². The van der Waals surface area contributed by atoms with Crippen molar-refractivity contribution in [2.45, 2.75) is 25.9 Å². The summed E-state index contributed by atoms with van der Waals surface area (Å²) >= 11 is 0. The Hall–Kier alpha value is -1.32. The zero-order valence-electron chi connectivity index (χ0n) is 8.27. The summed E-state index contributed by atoms with van der Waals surface area (Å²) in [6.07, 6.45) is -4.05. The lowest BCUT2D eigenvalue weighted by molar-refractivity contribution is -0.138. The summed E-state index contributed by atoms with van der Waals surface area (Å²) < 4.78 is 37.5. The number of rotatable bonds is 3. The minimum absolute atomic E-state index is 0.105. The highest BCUT2D eigenvalue weighted by atomic mass is 19.4. The molecule has 0 spiro atoms. The first-order valence-corrected chi connectivity index (χ1v) is 4.56. The molecule has 4 heteroatoms. The molecule has 0 aliphatic carbocycles. The predicted molar refractivity (Wildman–Crippen MR) is 50.4 cm³/mol. The summed E-state index contributed by atoms with van der Waals surface area (Å²) in [5.74, 6) is -0.105. The van der Waals surface area contributed by atoms with Crippen LogP contribution in [0.3, 0.4) is 0 Å². The summed E-state index contributed by atoms with van der Waals surface area (Å²) in [7, 11) is 0. The minimum atomic E-state index is -4.34. The molecule has 0 radical (unpaired) electrons. The van der Waals surface area contributed by atoms with Gasteiger partial charge in [-0.3, -0.25) is 0 Å². The molecule has 0 amide bonds. The van der Waals surface area contributed by atoms with Crippen molar-refractivity contribution in [1.82, 2.24) is 0 Å². The van der Waals surface area contributed by atoms with Crippen molar-refractivity contribution in [3.63, 3.8) is 0 Å². The van der Waals surface area contributed by atoms with Crippen LogP contribution in [0, 0.1) is 0 Å². The first kappa shape index (κ1) is 11.8. The fourth-order valence-electron chi connectivity index (χ4n) is 1.33. The molecule has 82 valence electrons.